The van der Waals surface area contributed by atoms with Gasteiger partial charge in [0.15, 0.2) is 0 Å². The summed E-state index contributed by atoms with van der Waals surface area (Å²) >= 11 is 13.2. The maximum atomic E-state index is 14.7. The Morgan fingerprint density at radius 1 is 0.872 bits per heavy atom. The molecule has 2 amide bonds. The van der Waals surface area contributed by atoms with E-state index in [2.05, 4.69) is 5.32 Å². The lowest BCUT2D eigenvalue weighted by Crippen LogP contribution is -2.56. The third-order valence-corrected chi connectivity index (χ3v) is 9.88. The molecule has 0 saturated carbocycles. The van der Waals surface area contributed by atoms with Crippen molar-refractivity contribution in [2.75, 3.05) is 18.0 Å². The fraction of sp³-hybridized carbons (Fsp3) is 0.278. The molecule has 1 N–H and O–H groups in total. The van der Waals surface area contributed by atoms with Crippen LogP contribution in [0.1, 0.15) is 37.5 Å². The van der Waals surface area contributed by atoms with Crippen molar-refractivity contribution in [3.05, 3.63) is 124 Å². The van der Waals surface area contributed by atoms with Gasteiger partial charge < -0.3 is 15.0 Å². The average molecular weight is 697 g/mol. The smallest absolute Gasteiger partial charge is 0.264 e. The SMILES string of the molecule is COc1cccc(N(CC(=O)N(Cc2c(Cl)cccc2Cl)[C@H](Cc2ccccc2)C(=O)NC(C)(C)C)S(=O)(=O)c2ccc(C)cc2)c1. The Bertz CT molecular complexity index is 1790. The minimum absolute atomic E-state index is 0.00530. The molecule has 4 aromatic carbocycles. The Balaban J connectivity index is 1.87. The van der Waals surface area contributed by atoms with Crippen molar-refractivity contribution < 1.29 is 22.7 Å². The number of nitrogens with zero attached hydrogens (tertiary/aromatic N) is 2. The molecule has 0 aliphatic rings. The van der Waals surface area contributed by atoms with Crippen molar-refractivity contribution in [3.8, 4) is 5.75 Å². The molecule has 0 fully saturated rings. The van der Waals surface area contributed by atoms with Gasteiger partial charge in [-0.25, -0.2) is 8.42 Å². The third-order valence-electron chi connectivity index (χ3n) is 7.39. The van der Waals surface area contributed by atoms with E-state index in [0.717, 1.165) is 15.4 Å². The molecular formula is C36H39Cl2N3O5S. The van der Waals surface area contributed by atoms with Gasteiger partial charge in [-0.15, -0.1) is 0 Å². The van der Waals surface area contributed by atoms with Crippen LogP contribution in [0.25, 0.3) is 0 Å². The van der Waals surface area contributed by atoms with Crippen molar-refractivity contribution in [3.63, 3.8) is 0 Å². The second-order valence-corrected chi connectivity index (χ2v) is 14.9. The van der Waals surface area contributed by atoms with Gasteiger partial charge in [0.05, 0.1) is 17.7 Å². The van der Waals surface area contributed by atoms with Crippen LogP contribution in [0, 0.1) is 6.92 Å². The largest absolute Gasteiger partial charge is 0.497 e. The fourth-order valence-electron chi connectivity index (χ4n) is 4.99. The van der Waals surface area contributed by atoms with Crippen LogP contribution < -0.4 is 14.4 Å². The Hall–Kier alpha value is -4.05. The Labute approximate surface area is 287 Å². The fourth-order valence-corrected chi connectivity index (χ4v) is 6.92. The maximum absolute atomic E-state index is 14.7. The molecule has 8 nitrogen and oxygen atoms in total. The van der Waals surface area contributed by atoms with E-state index in [0.29, 0.717) is 21.4 Å². The first-order chi connectivity index (χ1) is 22.2. The Morgan fingerprint density at radius 3 is 2.09 bits per heavy atom. The zero-order valence-electron chi connectivity index (χ0n) is 27.0. The van der Waals surface area contributed by atoms with Gasteiger partial charge in [0, 0.05) is 40.2 Å². The second kappa shape index (κ2) is 15.2. The van der Waals surface area contributed by atoms with Crippen molar-refractivity contribution in [2.45, 2.75) is 57.1 Å². The first kappa shape index (κ1) is 35.8. The van der Waals surface area contributed by atoms with Crippen LogP contribution in [-0.4, -0.2) is 50.4 Å². The summed E-state index contributed by atoms with van der Waals surface area (Å²) < 4.78 is 34.9. The van der Waals surface area contributed by atoms with E-state index in [1.54, 1.807) is 54.6 Å². The molecule has 0 unspecified atom stereocenters. The van der Waals surface area contributed by atoms with E-state index in [1.165, 1.54) is 24.1 Å². The zero-order valence-corrected chi connectivity index (χ0v) is 29.4. The number of rotatable bonds is 12. The Morgan fingerprint density at radius 2 is 1.49 bits per heavy atom. The molecule has 4 rings (SSSR count). The molecule has 0 aliphatic heterocycles. The first-order valence-corrected chi connectivity index (χ1v) is 17.2. The first-order valence-electron chi connectivity index (χ1n) is 15.0. The summed E-state index contributed by atoms with van der Waals surface area (Å²) in [5.41, 5.74) is 1.71. The van der Waals surface area contributed by atoms with Gasteiger partial charge in [-0.05, 0) is 69.7 Å². The minimum Gasteiger partial charge on any atom is -0.497 e. The van der Waals surface area contributed by atoms with Crippen molar-refractivity contribution in [1.29, 1.82) is 0 Å². The van der Waals surface area contributed by atoms with Crippen LogP contribution in [0.2, 0.25) is 10.0 Å². The van der Waals surface area contributed by atoms with Gasteiger partial charge in [-0.1, -0.05) is 83.4 Å². The van der Waals surface area contributed by atoms with Crippen LogP contribution in [0.4, 0.5) is 5.69 Å². The number of halogens is 2. The number of carbonyl (C=O) groups excluding carboxylic acids is 2. The number of nitrogens with one attached hydrogen (secondary N) is 1. The predicted molar refractivity (Wildman–Crippen MR) is 188 cm³/mol. The monoisotopic (exact) mass is 695 g/mol. The van der Waals surface area contributed by atoms with Gasteiger partial charge in [0.2, 0.25) is 11.8 Å². The van der Waals surface area contributed by atoms with E-state index in [1.807, 2.05) is 58.0 Å². The van der Waals surface area contributed by atoms with Crippen LogP contribution >= 0.6 is 23.2 Å². The number of carbonyl (C=O) groups is 2. The highest BCUT2D eigenvalue weighted by atomic mass is 35.5. The van der Waals surface area contributed by atoms with Crippen molar-refractivity contribution in [1.82, 2.24) is 10.2 Å². The number of methoxy groups -OCH3 is 1. The average Bonchev–Trinajstić information content (AvgIpc) is 3.02. The molecule has 0 aromatic heterocycles. The molecule has 47 heavy (non-hydrogen) atoms. The Kier molecular flexibility index (Phi) is 11.6. The van der Waals surface area contributed by atoms with Crippen molar-refractivity contribution >= 4 is 50.7 Å². The summed E-state index contributed by atoms with van der Waals surface area (Å²) in [5.74, 6) is -0.637. The summed E-state index contributed by atoms with van der Waals surface area (Å²) in [5, 5.41) is 3.62. The van der Waals surface area contributed by atoms with Crippen molar-refractivity contribution in [2.24, 2.45) is 0 Å². The van der Waals surface area contributed by atoms with E-state index in [-0.39, 0.29) is 23.5 Å². The number of ether oxygens (including phenoxy) is 1. The lowest BCUT2D eigenvalue weighted by molar-refractivity contribution is -0.140. The lowest BCUT2D eigenvalue weighted by Gasteiger charge is -2.35. The highest BCUT2D eigenvalue weighted by molar-refractivity contribution is 7.92. The number of aryl methyl sites for hydroxylation is 1. The molecule has 0 radical (unpaired) electrons. The standard InChI is InChI=1S/C36H39Cl2N3O5S/c1-25-17-19-29(20-18-25)47(44,45)41(27-13-9-14-28(22-27)46-5)24-34(42)40(23-30-31(37)15-10-16-32(30)38)33(35(43)39-36(2,3)4)21-26-11-7-6-8-12-26/h6-20,22,33H,21,23-24H2,1-5H3,(H,39,43)/t33-/m1/s1. The molecule has 0 saturated heterocycles. The predicted octanol–water partition coefficient (Wildman–Crippen LogP) is 7.06. The van der Waals surface area contributed by atoms with E-state index < -0.39 is 40.0 Å². The molecule has 1 atom stereocenters. The third kappa shape index (κ3) is 9.28. The van der Waals surface area contributed by atoms with Gasteiger partial charge in [0.25, 0.3) is 10.0 Å². The molecule has 0 aliphatic carbocycles. The molecule has 248 valence electrons. The summed E-state index contributed by atoms with van der Waals surface area (Å²) in [6, 6.07) is 26.1. The second-order valence-electron chi connectivity index (χ2n) is 12.2. The minimum atomic E-state index is -4.27. The van der Waals surface area contributed by atoms with Gasteiger partial charge in [0.1, 0.15) is 18.3 Å². The van der Waals surface area contributed by atoms with Gasteiger partial charge in [-0.2, -0.15) is 0 Å². The topological polar surface area (TPSA) is 96.0 Å². The van der Waals surface area contributed by atoms with Gasteiger partial charge >= 0.3 is 0 Å². The molecule has 0 bridgehead atoms. The summed E-state index contributed by atoms with van der Waals surface area (Å²) in [4.78, 5) is 30.1. The number of hydrogen-bond donors (Lipinski definition) is 1. The number of amides is 2. The molecule has 11 heteroatoms. The summed E-state index contributed by atoms with van der Waals surface area (Å²) in [6.07, 6.45) is 0.153. The van der Waals surface area contributed by atoms with E-state index >= 15 is 0 Å². The zero-order chi connectivity index (χ0) is 34.4. The summed E-state index contributed by atoms with van der Waals surface area (Å²) in [7, 11) is -2.80. The van der Waals surface area contributed by atoms with Crippen LogP contribution in [0.3, 0.4) is 0 Å². The highest BCUT2D eigenvalue weighted by Crippen LogP contribution is 2.30. The highest BCUT2D eigenvalue weighted by Gasteiger charge is 2.36. The number of anilines is 1. The molecule has 0 spiro atoms. The quantitative estimate of drug-likeness (QED) is 0.171. The maximum Gasteiger partial charge on any atom is 0.264 e. The lowest BCUT2D eigenvalue weighted by atomic mass is 10.0. The number of hydrogen-bond acceptors (Lipinski definition) is 5. The van der Waals surface area contributed by atoms with Gasteiger partial charge in [-0.3, -0.25) is 13.9 Å². The normalized spacial score (nSPS) is 12.2. The molecule has 4 aromatic rings. The number of sulfonamides is 1. The van der Waals surface area contributed by atoms with E-state index in [4.69, 9.17) is 27.9 Å². The van der Waals surface area contributed by atoms with Crippen LogP contribution in [0.15, 0.2) is 102 Å². The molecular weight excluding hydrogens is 657 g/mol. The van der Waals surface area contributed by atoms with Crippen LogP contribution in [0.5, 0.6) is 5.75 Å². The molecule has 0 heterocycles. The summed E-state index contributed by atoms with van der Waals surface area (Å²) in [6.45, 7) is 6.62. The number of benzene rings is 4. The van der Waals surface area contributed by atoms with Crippen LogP contribution in [-0.2, 0) is 32.6 Å². The van der Waals surface area contributed by atoms with E-state index in [9.17, 15) is 18.0 Å².